The third-order valence-electron chi connectivity index (χ3n) is 3.19. The van der Waals surface area contributed by atoms with Gasteiger partial charge in [-0.25, -0.2) is 0 Å². The molecule has 2 aliphatic heterocycles. The number of nitrogens with zero attached hydrogens (tertiary/aromatic N) is 1. The number of rotatable bonds is 0. The van der Waals surface area contributed by atoms with Crippen LogP contribution in [0.25, 0.3) is 0 Å². The van der Waals surface area contributed by atoms with Crippen molar-refractivity contribution in [2.45, 2.75) is 51.1 Å². The minimum atomic E-state index is 0.358. The van der Waals surface area contributed by atoms with E-state index in [1.807, 2.05) is 0 Å². The highest BCUT2D eigenvalue weighted by Crippen LogP contribution is 2.32. The summed E-state index contributed by atoms with van der Waals surface area (Å²) in [6.07, 6.45) is 5.04. The van der Waals surface area contributed by atoms with Gasteiger partial charge in [-0.2, -0.15) is 0 Å². The molecule has 2 rings (SSSR count). The Hall–Kier alpha value is -0.790. The second-order valence-electron chi connectivity index (χ2n) is 4.35. The van der Waals surface area contributed by atoms with E-state index < -0.39 is 0 Å². The van der Waals surface area contributed by atoms with Crippen molar-refractivity contribution < 1.29 is 4.79 Å². The number of piperidine rings is 2. The SMILES string of the molecule is C=C1C[C@H]2CCCC(=O)N2[C@H](C)C1. The monoisotopic (exact) mass is 179 g/mol. The zero-order chi connectivity index (χ0) is 9.42. The average molecular weight is 179 g/mol. The smallest absolute Gasteiger partial charge is 0.223 e. The Kier molecular flexibility index (Phi) is 2.14. The third-order valence-corrected chi connectivity index (χ3v) is 3.19. The van der Waals surface area contributed by atoms with Gasteiger partial charge in [-0.1, -0.05) is 12.2 Å². The van der Waals surface area contributed by atoms with Crippen molar-refractivity contribution in [3.63, 3.8) is 0 Å². The van der Waals surface area contributed by atoms with Crippen LogP contribution in [-0.4, -0.2) is 22.9 Å². The highest BCUT2D eigenvalue weighted by molar-refractivity contribution is 5.78. The molecule has 2 aliphatic rings. The second-order valence-corrected chi connectivity index (χ2v) is 4.35. The first-order valence-electron chi connectivity index (χ1n) is 5.16. The van der Waals surface area contributed by atoms with Crippen LogP contribution in [0.2, 0.25) is 0 Å². The molecule has 2 fully saturated rings. The zero-order valence-corrected chi connectivity index (χ0v) is 8.25. The molecular formula is C11H17NO. The Bertz CT molecular complexity index is 246. The highest BCUT2D eigenvalue weighted by Gasteiger charge is 2.35. The molecule has 2 heteroatoms. The lowest BCUT2D eigenvalue weighted by Crippen LogP contribution is -2.51. The molecule has 1 amide bonds. The largest absolute Gasteiger partial charge is 0.336 e. The fraction of sp³-hybridized carbons (Fsp3) is 0.727. The van der Waals surface area contributed by atoms with Crippen LogP contribution in [0, 0.1) is 0 Å². The van der Waals surface area contributed by atoms with Gasteiger partial charge in [-0.15, -0.1) is 0 Å². The summed E-state index contributed by atoms with van der Waals surface area (Å²) < 4.78 is 0. The summed E-state index contributed by atoms with van der Waals surface area (Å²) in [5.74, 6) is 0.358. The van der Waals surface area contributed by atoms with Gasteiger partial charge in [0.15, 0.2) is 0 Å². The molecule has 13 heavy (non-hydrogen) atoms. The van der Waals surface area contributed by atoms with Gasteiger partial charge in [0.2, 0.25) is 5.91 Å². The number of hydrogen-bond donors (Lipinski definition) is 0. The van der Waals surface area contributed by atoms with Crippen molar-refractivity contribution in [1.29, 1.82) is 0 Å². The molecule has 0 radical (unpaired) electrons. The molecule has 2 heterocycles. The van der Waals surface area contributed by atoms with Crippen molar-refractivity contribution in [3.8, 4) is 0 Å². The molecular weight excluding hydrogens is 162 g/mol. The minimum absolute atomic E-state index is 0.358. The van der Waals surface area contributed by atoms with E-state index in [0.29, 0.717) is 18.0 Å². The molecule has 2 nitrogen and oxygen atoms in total. The topological polar surface area (TPSA) is 20.3 Å². The lowest BCUT2D eigenvalue weighted by Gasteiger charge is -2.44. The van der Waals surface area contributed by atoms with Crippen molar-refractivity contribution in [2.75, 3.05) is 0 Å². The van der Waals surface area contributed by atoms with Crippen LogP contribution in [0.5, 0.6) is 0 Å². The van der Waals surface area contributed by atoms with E-state index in [1.165, 1.54) is 12.0 Å². The van der Waals surface area contributed by atoms with Gasteiger partial charge in [0.25, 0.3) is 0 Å². The fourth-order valence-corrected chi connectivity index (χ4v) is 2.70. The van der Waals surface area contributed by atoms with Crippen molar-refractivity contribution in [3.05, 3.63) is 12.2 Å². The summed E-state index contributed by atoms with van der Waals surface area (Å²) in [7, 11) is 0. The van der Waals surface area contributed by atoms with Crippen LogP contribution in [0.3, 0.4) is 0 Å². The van der Waals surface area contributed by atoms with Crippen molar-refractivity contribution >= 4 is 5.91 Å². The van der Waals surface area contributed by atoms with Gasteiger partial charge in [-0.3, -0.25) is 4.79 Å². The number of carbonyl (C=O) groups excluding carboxylic acids is 1. The Morgan fingerprint density at radius 1 is 1.46 bits per heavy atom. The molecule has 0 aromatic rings. The van der Waals surface area contributed by atoms with Gasteiger partial charge in [0, 0.05) is 18.5 Å². The fourth-order valence-electron chi connectivity index (χ4n) is 2.70. The van der Waals surface area contributed by atoms with E-state index in [-0.39, 0.29) is 0 Å². The van der Waals surface area contributed by atoms with E-state index >= 15 is 0 Å². The van der Waals surface area contributed by atoms with Crippen LogP contribution in [0.1, 0.15) is 39.0 Å². The van der Waals surface area contributed by atoms with Crippen LogP contribution in [-0.2, 0) is 4.79 Å². The van der Waals surface area contributed by atoms with Crippen LogP contribution in [0.15, 0.2) is 12.2 Å². The van der Waals surface area contributed by atoms with Gasteiger partial charge in [-0.05, 0) is 32.6 Å². The van der Waals surface area contributed by atoms with E-state index in [4.69, 9.17) is 0 Å². The Labute approximate surface area is 79.6 Å². The average Bonchev–Trinajstić information content (AvgIpc) is 2.02. The quantitative estimate of drug-likeness (QED) is 0.521. The van der Waals surface area contributed by atoms with E-state index in [1.54, 1.807) is 0 Å². The second kappa shape index (κ2) is 3.17. The molecule has 0 spiro atoms. The first-order valence-corrected chi connectivity index (χ1v) is 5.16. The zero-order valence-electron chi connectivity index (χ0n) is 8.25. The Morgan fingerprint density at radius 3 is 3.00 bits per heavy atom. The minimum Gasteiger partial charge on any atom is -0.336 e. The normalized spacial score (nSPS) is 34.7. The molecule has 0 aromatic carbocycles. The maximum atomic E-state index is 11.6. The molecule has 0 bridgehead atoms. The van der Waals surface area contributed by atoms with Crippen LogP contribution < -0.4 is 0 Å². The van der Waals surface area contributed by atoms with Crippen LogP contribution >= 0.6 is 0 Å². The van der Waals surface area contributed by atoms with Crippen LogP contribution in [0.4, 0.5) is 0 Å². The standard InChI is InChI=1S/C11H17NO/c1-8-6-9(2)12-10(7-8)4-3-5-11(12)13/h9-10H,1,3-7H2,2H3/t9-,10-/m1/s1. The lowest BCUT2D eigenvalue weighted by molar-refractivity contribution is -0.140. The third kappa shape index (κ3) is 1.50. The van der Waals surface area contributed by atoms with Gasteiger partial charge >= 0.3 is 0 Å². The number of fused-ring (bicyclic) bond motifs is 1. The maximum absolute atomic E-state index is 11.6. The van der Waals surface area contributed by atoms with Crippen molar-refractivity contribution in [1.82, 2.24) is 4.90 Å². The number of amides is 1. The van der Waals surface area contributed by atoms with Gasteiger partial charge in [0.1, 0.15) is 0 Å². The predicted molar refractivity (Wildman–Crippen MR) is 52.3 cm³/mol. The molecule has 0 aromatic heterocycles. The molecule has 0 saturated carbocycles. The summed E-state index contributed by atoms with van der Waals surface area (Å²) >= 11 is 0. The summed E-state index contributed by atoms with van der Waals surface area (Å²) in [5.41, 5.74) is 1.32. The Morgan fingerprint density at radius 2 is 2.23 bits per heavy atom. The summed E-state index contributed by atoms with van der Waals surface area (Å²) in [6, 6.07) is 0.858. The molecule has 0 N–H and O–H groups in total. The molecule has 2 atom stereocenters. The Balaban J connectivity index is 2.17. The van der Waals surface area contributed by atoms with Gasteiger partial charge in [0.05, 0.1) is 0 Å². The summed E-state index contributed by atoms with van der Waals surface area (Å²) in [6.45, 7) is 6.18. The first-order chi connectivity index (χ1) is 6.18. The predicted octanol–water partition coefficient (Wildman–Crippen LogP) is 2.11. The van der Waals surface area contributed by atoms with Gasteiger partial charge < -0.3 is 4.90 Å². The molecule has 0 unspecified atom stereocenters. The number of hydrogen-bond acceptors (Lipinski definition) is 1. The molecule has 72 valence electrons. The first kappa shape index (κ1) is 8.79. The lowest BCUT2D eigenvalue weighted by atomic mass is 9.87. The highest BCUT2D eigenvalue weighted by atomic mass is 16.2. The van der Waals surface area contributed by atoms with E-state index in [9.17, 15) is 4.79 Å². The van der Waals surface area contributed by atoms with E-state index in [0.717, 1.165) is 25.7 Å². The number of carbonyl (C=O) groups is 1. The molecule has 0 aliphatic carbocycles. The molecule has 2 saturated heterocycles. The van der Waals surface area contributed by atoms with E-state index in [2.05, 4.69) is 18.4 Å². The summed E-state index contributed by atoms with van der Waals surface area (Å²) in [5, 5.41) is 0. The summed E-state index contributed by atoms with van der Waals surface area (Å²) in [4.78, 5) is 13.7. The van der Waals surface area contributed by atoms with Crippen molar-refractivity contribution in [2.24, 2.45) is 0 Å². The maximum Gasteiger partial charge on any atom is 0.223 e.